The molecule has 158 valence electrons. The van der Waals surface area contributed by atoms with Crippen molar-refractivity contribution < 1.29 is 9.53 Å². The van der Waals surface area contributed by atoms with Gasteiger partial charge in [0, 0.05) is 23.5 Å². The van der Waals surface area contributed by atoms with Crippen LogP contribution in [0.15, 0.2) is 66.4 Å². The first-order chi connectivity index (χ1) is 15.6. The van der Waals surface area contributed by atoms with E-state index in [1.807, 2.05) is 42.6 Å². The van der Waals surface area contributed by atoms with Crippen molar-refractivity contribution in [2.45, 2.75) is 20.0 Å². The van der Waals surface area contributed by atoms with Gasteiger partial charge < -0.3 is 10.1 Å². The lowest BCUT2D eigenvalue weighted by Crippen LogP contribution is -2.15. The van der Waals surface area contributed by atoms with Gasteiger partial charge in [-0.15, -0.1) is 11.3 Å². The Bertz CT molecular complexity index is 1280. The van der Waals surface area contributed by atoms with E-state index in [0.717, 1.165) is 21.8 Å². The van der Waals surface area contributed by atoms with Gasteiger partial charge in [0.25, 0.3) is 0 Å². The van der Waals surface area contributed by atoms with E-state index >= 15 is 0 Å². The molecule has 0 aliphatic heterocycles. The summed E-state index contributed by atoms with van der Waals surface area (Å²) in [5, 5.41) is 14.5. The molecule has 0 unspecified atom stereocenters. The average molecular weight is 442 g/mol. The van der Waals surface area contributed by atoms with Gasteiger partial charge in [0.05, 0.1) is 29.9 Å². The van der Waals surface area contributed by atoms with Crippen molar-refractivity contribution in [3.05, 3.63) is 88.8 Å². The number of nitriles is 1. The topological polar surface area (TPSA) is 101 Å². The number of carbonyl (C=O) groups is 1. The van der Waals surface area contributed by atoms with Gasteiger partial charge in [0.2, 0.25) is 5.91 Å². The highest BCUT2D eigenvalue weighted by molar-refractivity contribution is 7.13. The Balaban J connectivity index is 1.34. The Morgan fingerprint density at radius 1 is 1.22 bits per heavy atom. The highest BCUT2D eigenvalue weighted by Gasteiger charge is 2.11. The second kappa shape index (κ2) is 9.81. The molecule has 4 rings (SSSR count). The highest BCUT2D eigenvalue weighted by atomic mass is 32.1. The lowest BCUT2D eigenvalue weighted by atomic mass is 10.1. The third-order valence-electron chi connectivity index (χ3n) is 4.61. The number of hydrogen-bond acceptors (Lipinski definition) is 7. The molecule has 1 N–H and O–H groups in total. The van der Waals surface area contributed by atoms with Gasteiger partial charge >= 0.3 is 0 Å². The maximum absolute atomic E-state index is 12.5. The molecular weight excluding hydrogens is 422 g/mol. The number of nitrogens with zero attached hydrogens (tertiary/aromatic N) is 4. The molecule has 0 aliphatic rings. The summed E-state index contributed by atoms with van der Waals surface area (Å²) in [6.45, 7) is 2.27. The van der Waals surface area contributed by atoms with Crippen LogP contribution in [0.3, 0.4) is 0 Å². The van der Waals surface area contributed by atoms with E-state index in [-0.39, 0.29) is 12.3 Å². The standard InChI is InChI=1S/C24H19N5O2S/c1-16-9-20(31-14-18-4-2-3-17(10-18)12-25)5-6-21(16)29-23(30)11-19-15-32-24(28-19)22-13-26-7-8-27-22/h2-10,13,15H,11,14H2,1H3,(H,29,30). The van der Waals surface area contributed by atoms with Crippen molar-refractivity contribution in [1.82, 2.24) is 15.0 Å². The summed E-state index contributed by atoms with van der Waals surface area (Å²) in [4.78, 5) is 25.3. The lowest BCUT2D eigenvalue weighted by molar-refractivity contribution is -0.115. The van der Waals surface area contributed by atoms with Crippen LogP contribution in [0.5, 0.6) is 5.75 Å². The smallest absolute Gasteiger partial charge is 0.230 e. The fourth-order valence-corrected chi connectivity index (χ4v) is 3.82. The van der Waals surface area contributed by atoms with Gasteiger partial charge in [-0.3, -0.25) is 14.8 Å². The Kier molecular flexibility index (Phi) is 6.49. The van der Waals surface area contributed by atoms with E-state index in [1.165, 1.54) is 11.3 Å². The van der Waals surface area contributed by atoms with E-state index in [2.05, 4.69) is 26.3 Å². The largest absolute Gasteiger partial charge is 0.489 e. The van der Waals surface area contributed by atoms with Crippen LogP contribution >= 0.6 is 11.3 Å². The van der Waals surface area contributed by atoms with Crippen molar-refractivity contribution in [1.29, 1.82) is 5.26 Å². The van der Waals surface area contributed by atoms with Crippen LogP contribution in [0, 0.1) is 18.3 Å². The maximum atomic E-state index is 12.5. The Hall–Kier alpha value is -4.09. The first-order valence-corrected chi connectivity index (χ1v) is 10.7. The first kappa shape index (κ1) is 21.2. The van der Waals surface area contributed by atoms with E-state index in [4.69, 9.17) is 10.00 Å². The zero-order valence-corrected chi connectivity index (χ0v) is 18.1. The van der Waals surface area contributed by atoms with E-state index in [9.17, 15) is 4.79 Å². The van der Waals surface area contributed by atoms with E-state index in [0.29, 0.717) is 29.3 Å². The van der Waals surface area contributed by atoms with Gasteiger partial charge in [0.15, 0.2) is 0 Å². The number of aromatic nitrogens is 3. The summed E-state index contributed by atoms with van der Waals surface area (Å²) >= 11 is 1.43. The van der Waals surface area contributed by atoms with Crippen LogP contribution in [-0.4, -0.2) is 20.9 Å². The van der Waals surface area contributed by atoms with Gasteiger partial charge in [-0.25, -0.2) is 4.98 Å². The van der Waals surface area contributed by atoms with Crippen LogP contribution in [0.1, 0.15) is 22.4 Å². The molecule has 0 fully saturated rings. The number of amides is 1. The predicted molar refractivity (Wildman–Crippen MR) is 122 cm³/mol. The van der Waals surface area contributed by atoms with Crippen molar-refractivity contribution in [2.75, 3.05) is 5.32 Å². The summed E-state index contributed by atoms with van der Waals surface area (Å²) in [7, 11) is 0. The molecule has 0 saturated carbocycles. The third-order valence-corrected chi connectivity index (χ3v) is 5.52. The number of hydrogen-bond donors (Lipinski definition) is 1. The summed E-state index contributed by atoms with van der Waals surface area (Å²) in [6.07, 6.45) is 5.04. The number of carbonyl (C=O) groups excluding carboxylic acids is 1. The predicted octanol–water partition coefficient (Wildman–Crippen LogP) is 4.54. The molecule has 0 radical (unpaired) electrons. The van der Waals surface area contributed by atoms with Crippen LogP contribution in [0.2, 0.25) is 0 Å². The molecule has 0 spiro atoms. The van der Waals surface area contributed by atoms with Gasteiger partial charge in [0.1, 0.15) is 23.1 Å². The molecular formula is C24H19N5O2S. The van der Waals surface area contributed by atoms with Crippen molar-refractivity contribution in [3.8, 4) is 22.5 Å². The van der Waals surface area contributed by atoms with E-state index in [1.54, 1.807) is 30.7 Å². The number of ether oxygens (including phenoxy) is 1. The molecule has 0 bridgehead atoms. The minimum atomic E-state index is -0.147. The quantitative estimate of drug-likeness (QED) is 0.452. The molecule has 32 heavy (non-hydrogen) atoms. The van der Waals surface area contributed by atoms with Crippen LogP contribution in [0.4, 0.5) is 5.69 Å². The second-order valence-corrected chi connectivity index (χ2v) is 7.90. The number of rotatable bonds is 7. The van der Waals surface area contributed by atoms with Gasteiger partial charge in [-0.05, 0) is 48.4 Å². The highest BCUT2D eigenvalue weighted by Crippen LogP contribution is 2.24. The van der Waals surface area contributed by atoms with Gasteiger partial charge in [-0.2, -0.15) is 5.26 Å². The molecule has 4 aromatic rings. The minimum Gasteiger partial charge on any atom is -0.489 e. The van der Waals surface area contributed by atoms with Crippen molar-refractivity contribution >= 4 is 22.9 Å². The van der Waals surface area contributed by atoms with Crippen LogP contribution in [-0.2, 0) is 17.8 Å². The second-order valence-electron chi connectivity index (χ2n) is 7.04. The first-order valence-electron chi connectivity index (χ1n) is 9.84. The molecule has 2 aromatic carbocycles. The normalized spacial score (nSPS) is 10.4. The van der Waals surface area contributed by atoms with E-state index < -0.39 is 0 Å². The van der Waals surface area contributed by atoms with Crippen LogP contribution in [0.25, 0.3) is 10.7 Å². The number of thiazole rings is 1. The molecule has 1 amide bonds. The van der Waals surface area contributed by atoms with Crippen molar-refractivity contribution in [2.24, 2.45) is 0 Å². The minimum absolute atomic E-state index is 0.147. The van der Waals surface area contributed by atoms with Gasteiger partial charge in [-0.1, -0.05) is 12.1 Å². The molecule has 8 heteroatoms. The Morgan fingerprint density at radius 3 is 2.91 bits per heavy atom. The zero-order chi connectivity index (χ0) is 22.3. The number of anilines is 1. The SMILES string of the molecule is Cc1cc(OCc2cccc(C#N)c2)ccc1NC(=O)Cc1csc(-c2cnccn2)n1. The summed E-state index contributed by atoms with van der Waals surface area (Å²) in [5.74, 6) is 0.544. The number of aryl methyl sites for hydroxylation is 1. The fraction of sp³-hybridized carbons (Fsp3) is 0.125. The molecule has 7 nitrogen and oxygen atoms in total. The number of nitrogens with one attached hydrogen (secondary N) is 1. The van der Waals surface area contributed by atoms with Crippen LogP contribution < -0.4 is 10.1 Å². The molecule has 0 aliphatic carbocycles. The third kappa shape index (κ3) is 5.33. The average Bonchev–Trinajstić information content (AvgIpc) is 3.28. The molecule has 0 saturated heterocycles. The molecule has 2 heterocycles. The zero-order valence-electron chi connectivity index (χ0n) is 17.3. The van der Waals surface area contributed by atoms with Crippen molar-refractivity contribution in [3.63, 3.8) is 0 Å². The monoisotopic (exact) mass is 441 g/mol. The summed E-state index contributed by atoms with van der Waals surface area (Å²) in [5.41, 5.74) is 4.51. The summed E-state index contributed by atoms with van der Waals surface area (Å²) < 4.78 is 5.83. The lowest BCUT2D eigenvalue weighted by Gasteiger charge is -2.11. The summed E-state index contributed by atoms with van der Waals surface area (Å²) in [6, 6.07) is 14.9. The molecule has 2 aromatic heterocycles. The maximum Gasteiger partial charge on any atom is 0.230 e. The molecule has 0 atom stereocenters. The number of benzene rings is 2. The Morgan fingerprint density at radius 2 is 2.12 bits per heavy atom. The fourth-order valence-electron chi connectivity index (χ4n) is 3.04. The Labute approximate surface area is 189 Å².